The van der Waals surface area contributed by atoms with Gasteiger partial charge < -0.3 is 30.0 Å². The predicted molar refractivity (Wildman–Crippen MR) is 212 cm³/mol. The number of hydrogen-bond acceptors (Lipinski definition) is 9. The highest BCUT2D eigenvalue weighted by Gasteiger charge is 2.62. The minimum atomic E-state index is -3.88. The van der Waals surface area contributed by atoms with Gasteiger partial charge in [0.2, 0.25) is 21.8 Å². The normalized spacial score (nSPS) is 32.6. The van der Waals surface area contributed by atoms with Crippen molar-refractivity contribution in [2.75, 3.05) is 6.54 Å². The Morgan fingerprint density at radius 2 is 1.70 bits per heavy atom. The fourth-order valence-electron chi connectivity index (χ4n) is 10.3. The number of aromatic amines is 1. The Morgan fingerprint density at radius 3 is 2.44 bits per heavy atom. The number of carbonyl (C=O) groups excluding carboxylic acids is 4. The molecule has 1 aromatic carbocycles. The Kier molecular flexibility index (Phi) is 10.8. The largest absolute Gasteiger partial charge is 0.473 e. The first-order valence-electron chi connectivity index (χ1n) is 21.3. The van der Waals surface area contributed by atoms with Gasteiger partial charge in [0.05, 0.1) is 22.9 Å². The van der Waals surface area contributed by atoms with Crippen molar-refractivity contribution in [1.29, 1.82) is 0 Å². The van der Waals surface area contributed by atoms with Crippen molar-refractivity contribution in [2.45, 2.75) is 158 Å². The number of carbonyl (C=O) groups is 4. The zero-order valence-electron chi connectivity index (χ0n) is 33.1. The highest BCUT2D eigenvalue weighted by Crippen LogP contribution is 2.47. The molecule has 2 aliphatic heterocycles. The van der Waals surface area contributed by atoms with Crippen molar-refractivity contribution < 1.29 is 37.1 Å². The SMILES string of the molecule is CCC1CC1(NC(=O)C1CC2CN1C(=O)C(C1CCCC1)NC(=O)OC1(C)CCCC1CCCCCc1c([nH]c3ccccc3c1=O)O2)C(=O)NS(=O)(=O)C1CC1. The number of nitrogens with zero attached hydrogens (tertiary/aromatic N) is 1. The molecule has 4 N–H and O–H groups in total. The molecule has 7 atom stereocenters. The van der Waals surface area contributed by atoms with E-state index < -0.39 is 68.4 Å². The second kappa shape index (κ2) is 15.6. The van der Waals surface area contributed by atoms with Crippen molar-refractivity contribution >= 4 is 44.7 Å². The molecule has 2 bridgehead atoms. The quantitative estimate of drug-likeness (QED) is 0.306. The lowest BCUT2D eigenvalue weighted by molar-refractivity contribution is -0.142. The van der Waals surface area contributed by atoms with E-state index in [0.29, 0.717) is 48.0 Å². The molecule has 0 spiro atoms. The van der Waals surface area contributed by atoms with E-state index in [4.69, 9.17) is 9.47 Å². The van der Waals surface area contributed by atoms with Crippen LogP contribution in [-0.2, 0) is 35.6 Å². The third-order valence-electron chi connectivity index (χ3n) is 14.0. The summed E-state index contributed by atoms with van der Waals surface area (Å²) in [7, 11) is -3.88. The summed E-state index contributed by atoms with van der Waals surface area (Å²) in [6, 6.07) is 5.20. The number of sulfonamides is 1. The molecule has 2 aromatic rings. The van der Waals surface area contributed by atoms with Gasteiger partial charge in [-0.15, -0.1) is 0 Å². The maximum atomic E-state index is 14.9. The fourth-order valence-corrected chi connectivity index (χ4v) is 11.7. The van der Waals surface area contributed by atoms with Gasteiger partial charge in [0.25, 0.3) is 5.91 Å². The first-order chi connectivity index (χ1) is 27.3. The summed E-state index contributed by atoms with van der Waals surface area (Å²) in [6.45, 7) is 3.85. The van der Waals surface area contributed by atoms with Crippen LogP contribution in [0.15, 0.2) is 29.1 Å². The van der Waals surface area contributed by atoms with Crippen molar-refractivity contribution in [3.63, 3.8) is 0 Å². The molecule has 15 heteroatoms. The Hall–Kier alpha value is -4.14. The van der Waals surface area contributed by atoms with E-state index >= 15 is 0 Å². The van der Waals surface area contributed by atoms with Crippen LogP contribution in [0.3, 0.4) is 0 Å². The third-order valence-corrected chi connectivity index (χ3v) is 15.8. The minimum Gasteiger partial charge on any atom is -0.473 e. The smallest absolute Gasteiger partial charge is 0.408 e. The zero-order valence-corrected chi connectivity index (χ0v) is 33.9. The molecule has 14 nitrogen and oxygen atoms in total. The lowest BCUT2D eigenvalue weighted by Gasteiger charge is -2.35. The summed E-state index contributed by atoms with van der Waals surface area (Å²) in [5, 5.41) is 5.82. The lowest BCUT2D eigenvalue weighted by Crippen LogP contribution is -2.59. The van der Waals surface area contributed by atoms with Crippen LogP contribution in [0, 0.1) is 17.8 Å². The standard InChI is InChI=1S/C42H57N5O9S/c1-3-26-23-42(26,39(51)46-57(53,54)29-19-20-29)45-36(49)33-22-28-24-47(33)38(50)34(25-12-7-8-13-25)44-40(52)56-41(2)21-11-15-27(41)14-5-4-6-17-31-35(48)30-16-9-10-18-32(30)43-37(31)55-28/h9-10,16,18,25-29,33-34H,3-8,11-15,17,19-24H2,1-2H3,(H,43,48)(H,44,52)(H,45,49)(H,46,51). The van der Waals surface area contributed by atoms with Crippen molar-refractivity contribution in [3.8, 4) is 5.88 Å². The summed E-state index contributed by atoms with van der Waals surface area (Å²) in [4.78, 5) is 75.8. The number of pyridine rings is 1. The Morgan fingerprint density at radius 1 is 0.965 bits per heavy atom. The Labute approximate surface area is 334 Å². The molecule has 6 aliphatic rings. The monoisotopic (exact) mass is 807 g/mol. The number of para-hydroxylation sites is 1. The molecule has 5 fully saturated rings. The molecular weight excluding hydrogens is 751 g/mol. The molecule has 7 unspecified atom stereocenters. The summed E-state index contributed by atoms with van der Waals surface area (Å²) >= 11 is 0. The first-order valence-corrected chi connectivity index (χ1v) is 22.8. The van der Waals surface area contributed by atoms with E-state index in [2.05, 4.69) is 20.3 Å². The topological polar surface area (TPSA) is 193 Å². The molecule has 4 saturated carbocycles. The predicted octanol–water partition coefficient (Wildman–Crippen LogP) is 4.73. The Balaban J connectivity index is 1.14. The average Bonchev–Trinajstić information content (AvgIpc) is 3.99. The maximum Gasteiger partial charge on any atom is 0.408 e. The Bertz CT molecular complexity index is 2080. The molecule has 4 amide bonds. The number of fused-ring (bicyclic) bond motifs is 5. The number of nitrogens with one attached hydrogen (secondary N) is 4. The second-order valence-corrected chi connectivity index (χ2v) is 19.8. The van der Waals surface area contributed by atoms with Gasteiger partial charge in [0.15, 0.2) is 11.3 Å². The number of H-pyrrole nitrogens is 1. The van der Waals surface area contributed by atoms with Gasteiger partial charge in [-0.3, -0.25) is 23.9 Å². The van der Waals surface area contributed by atoms with Gasteiger partial charge in [-0.1, -0.05) is 51.2 Å². The van der Waals surface area contributed by atoms with Gasteiger partial charge in [-0.25, -0.2) is 13.2 Å². The molecule has 310 valence electrons. The van der Waals surface area contributed by atoms with Crippen molar-refractivity contribution in [3.05, 3.63) is 40.1 Å². The first kappa shape index (κ1) is 39.7. The van der Waals surface area contributed by atoms with E-state index in [9.17, 15) is 32.4 Å². The van der Waals surface area contributed by atoms with Crippen LogP contribution < -0.4 is 25.5 Å². The summed E-state index contributed by atoms with van der Waals surface area (Å²) < 4.78 is 40.7. The van der Waals surface area contributed by atoms with Gasteiger partial charge in [0.1, 0.15) is 29.3 Å². The van der Waals surface area contributed by atoms with Gasteiger partial charge in [-0.2, -0.15) is 0 Å². The second-order valence-electron chi connectivity index (χ2n) is 17.8. The number of rotatable bonds is 7. The molecule has 1 saturated heterocycles. The number of benzene rings is 1. The highest BCUT2D eigenvalue weighted by atomic mass is 32.2. The van der Waals surface area contributed by atoms with E-state index in [-0.39, 0.29) is 42.6 Å². The third kappa shape index (κ3) is 7.89. The zero-order chi connectivity index (χ0) is 40.1. The number of alkyl carbamates (subject to hydrolysis) is 1. The molecule has 8 rings (SSSR count). The lowest BCUT2D eigenvalue weighted by atomic mass is 9.87. The van der Waals surface area contributed by atoms with Crippen LogP contribution in [0.4, 0.5) is 4.79 Å². The van der Waals surface area contributed by atoms with E-state index in [0.717, 1.165) is 70.6 Å². The molecular formula is C42H57N5O9S. The van der Waals surface area contributed by atoms with E-state index in [1.54, 1.807) is 6.07 Å². The molecule has 4 aliphatic carbocycles. The number of amides is 4. The van der Waals surface area contributed by atoms with Gasteiger partial charge in [-0.05, 0) is 107 Å². The van der Waals surface area contributed by atoms with Crippen LogP contribution in [0.5, 0.6) is 5.88 Å². The van der Waals surface area contributed by atoms with Crippen molar-refractivity contribution in [2.24, 2.45) is 17.8 Å². The minimum absolute atomic E-state index is 0.0165. The molecule has 57 heavy (non-hydrogen) atoms. The van der Waals surface area contributed by atoms with Crippen molar-refractivity contribution in [1.82, 2.24) is 25.2 Å². The van der Waals surface area contributed by atoms with E-state index in [1.165, 1.54) is 4.90 Å². The summed E-state index contributed by atoms with van der Waals surface area (Å²) in [5.41, 5.74) is -1.12. The van der Waals surface area contributed by atoms with Gasteiger partial charge in [0, 0.05) is 11.8 Å². The fraction of sp³-hybridized carbons (Fsp3) is 0.690. The van der Waals surface area contributed by atoms with Crippen LogP contribution in [-0.4, -0.2) is 83.2 Å². The summed E-state index contributed by atoms with van der Waals surface area (Å²) in [6.07, 6.45) is 10.2. The number of aromatic nitrogens is 1. The van der Waals surface area contributed by atoms with Gasteiger partial charge >= 0.3 is 6.09 Å². The van der Waals surface area contributed by atoms with Crippen LogP contribution in [0.1, 0.15) is 122 Å². The van der Waals surface area contributed by atoms with Crippen LogP contribution >= 0.6 is 0 Å². The molecule has 1 aromatic heterocycles. The van der Waals surface area contributed by atoms with E-state index in [1.807, 2.05) is 32.0 Å². The van der Waals surface area contributed by atoms with Crippen LogP contribution in [0.2, 0.25) is 0 Å². The van der Waals surface area contributed by atoms with Crippen LogP contribution in [0.25, 0.3) is 10.9 Å². The molecule has 3 heterocycles. The maximum absolute atomic E-state index is 14.9. The summed E-state index contributed by atoms with van der Waals surface area (Å²) in [5.74, 6) is -1.79. The number of hydrogen-bond donors (Lipinski definition) is 4. The highest BCUT2D eigenvalue weighted by molar-refractivity contribution is 7.91. The average molecular weight is 808 g/mol. The molecule has 0 radical (unpaired) electrons. The number of ether oxygens (including phenoxy) is 2.